The molecule has 224 valence electrons. The standard InChI is InChI=1S/C31H39N5O6/c1-5-41-30(40)34-25-10-8-9-23(19-25)21-36-28(38)16-15-26(35-36)24-13-11-22(12-14-24)20-27(37)32-17-6-7-18-33-29(39)42-31(2,3)4/h8-16,19H,5-7,17-18,20-21H2,1-4H3,(H,32,37)(H,33,39)(H,34,40). The Balaban J connectivity index is 1.49. The van der Waals surface area contributed by atoms with Crippen LogP contribution in [0.5, 0.6) is 0 Å². The first-order valence-electron chi connectivity index (χ1n) is 14.0. The van der Waals surface area contributed by atoms with E-state index in [0.717, 1.165) is 29.5 Å². The van der Waals surface area contributed by atoms with Crippen LogP contribution in [0.15, 0.2) is 65.5 Å². The van der Waals surface area contributed by atoms with Gasteiger partial charge in [-0.1, -0.05) is 36.4 Å². The third-order valence-corrected chi connectivity index (χ3v) is 5.86. The van der Waals surface area contributed by atoms with Crippen LogP contribution in [0.4, 0.5) is 15.3 Å². The summed E-state index contributed by atoms with van der Waals surface area (Å²) in [6, 6.07) is 17.7. The van der Waals surface area contributed by atoms with Crippen molar-refractivity contribution >= 4 is 23.8 Å². The Morgan fingerprint density at radius 2 is 1.60 bits per heavy atom. The van der Waals surface area contributed by atoms with Crippen LogP contribution in [0.25, 0.3) is 11.3 Å². The van der Waals surface area contributed by atoms with Crippen LogP contribution in [0.1, 0.15) is 51.7 Å². The van der Waals surface area contributed by atoms with Crippen LogP contribution in [-0.4, -0.2) is 53.2 Å². The summed E-state index contributed by atoms with van der Waals surface area (Å²) in [5, 5.41) is 12.8. The first-order chi connectivity index (χ1) is 20.0. The minimum atomic E-state index is -0.544. The van der Waals surface area contributed by atoms with Crippen LogP contribution >= 0.6 is 0 Å². The first kappa shape index (κ1) is 31.9. The summed E-state index contributed by atoms with van der Waals surface area (Å²) in [7, 11) is 0. The van der Waals surface area contributed by atoms with E-state index in [-0.39, 0.29) is 31.0 Å². The molecule has 1 aromatic heterocycles. The molecule has 0 aliphatic rings. The van der Waals surface area contributed by atoms with Gasteiger partial charge in [-0.15, -0.1) is 0 Å². The van der Waals surface area contributed by atoms with Crippen molar-refractivity contribution < 1.29 is 23.9 Å². The van der Waals surface area contributed by atoms with Gasteiger partial charge in [-0.3, -0.25) is 14.9 Å². The van der Waals surface area contributed by atoms with Gasteiger partial charge in [0.2, 0.25) is 5.91 Å². The zero-order valence-electron chi connectivity index (χ0n) is 24.6. The number of nitrogens with one attached hydrogen (secondary N) is 3. The number of hydrogen-bond donors (Lipinski definition) is 3. The Bertz CT molecular complexity index is 1410. The van der Waals surface area contributed by atoms with Crippen molar-refractivity contribution in [2.75, 3.05) is 25.0 Å². The van der Waals surface area contributed by atoms with Crippen molar-refractivity contribution in [2.24, 2.45) is 0 Å². The lowest BCUT2D eigenvalue weighted by Crippen LogP contribution is -2.33. The van der Waals surface area contributed by atoms with Crippen molar-refractivity contribution in [2.45, 2.75) is 59.1 Å². The van der Waals surface area contributed by atoms with E-state index >= 15 is 0 Å². The van der Waals surface area contributed by atoms with E-state index in [1.54, 1.807) is 31.2 Å². The quantitative estimate of drug-likeness (QED) is 0.269. The van der Waals surface area contributed by atoms with E-state index in [4.69, 9.17) is 9.47 Å². The van der Waals surface area contributed by atoms with Gasteiger partial charge < -0.3 is 20.1 Å². The van der Waals surface area contributed by atoms with Gasteiger partial charge in [0.05, 0.1) is 25.3 Å². The van der Waals surface area contributed by atoms with Crippen LogP contribution < -0.4 is 21.5 Å². The minimum absolute atomic E-state index is 0.0887. The second-order valence-corrected chi connectivity index (χ2v) is 10.6. The molecule has 0 atom stereocenters. The fourth-order valence-corrected chi connectivity index (χ4v) is 3.95. The lowest BCUT2D eigenvalue weighted by atomic mass is 10.1. The Morgan fingerprint density at radius 1 is 0.881 bits per heavy atom. The van der Waals surface area contributed by atoms with Gasteiger partial charge in [0.25, 0.3) is 5.56 Å². The summed E-state index contributed by atoms with van der Waals surface area (Å²) >= 11 is 0. The Labute approximate surface area is 245 Å². The number of carbonyl (C=O) groups is 3. The predicted octanol–water partition coefficient (Wildman–Crippen LogP) is 4.49. The van der Waals surface area contributed by atoms with Crippen molar-refractivity contribution in [3.05, 3.63) is 82.1 Å². The molecule has 0 spiro atoms. The highest BCUT2D eigenvalue weighted by Gasteiger charge is 2.15. The van der Waals surface area contributed by atoms with E-state index in [1.807, 2.05) is 51.1 Å². The number of rotatable bonds is 12. The monoisotopic (exact) mass is 577 g/mol. The maximum absolute atomic E-state index is 12.5. The van der Waals surface area contributed by atoms with Crippen molar-refractivity contribution in [3.8, 4) is 11.3 Å². The number of nitrogens with zero attached hydrogens (tertiary/aromatic N) is 2. The molecule has 0 aliphatic carbocycles. The number of ether oxygens (including phenoxy) is 2. The number of aromatic nitrogens is 2. The molecular formula is C31H39N5O6. The molecule has 42 heavy (non-hydrogen) atoms. The van der Waals surface area contributed by atoms with Crippen LogP contribution in [-0.2, 0) is 27.2 Å². The average molecular weight is 578 g/mol. The Hall–Kier alpha value is -4.67. The lowest BCUT2D eigenvalue weighted by Gasteiger charge is -2.19. The summed E-state index contributed by atoms with van der Waals surface area (Å²) in [6.45, 7) is 8.64. The van der Waals surface area contributed by atoms with Gasteiger partial charge in [-0.05, 0) is 69.9 Å². The SMILES string of the molecule is CCOC(=O)Nc1cccc(Cn2nc(-c3ccc(CC(=O)NCCCCNC(=O)OC(C)(C)C)cc3)ccc2=O)c1. The summed E-state index contributed by atoms with van der Waals surface area (Å²) in [5.74, 6) is -0.0887. The second kappa shape index (κ2) is 15.4. The molecule has 3 amide bonds. The van der Waals surface area contributed by atoms with Crippen LogP contribution in [0, 0.1) is 0 Å². The van der Waals surface area contributed by atoms with E-state index in [0.29, 0.717) is 24.5 Å². The molecule has 11 heteroatoms. The molecule has 0 saturated carbocycles. The molecule has 0 saturated heterocycles. The first-order valence-corrected chi connectivity index (χ1v) is 14.0. The van der Waals surface area contributed by atoms with Gasteiger partial charge in [0.15, 0.2) is 0 Å². The topological polar surface area (TPSA) is 141 Å². The fraction of sp³-hybridized carbons (Fsp3) is 0.387. The van der Waals surface area contributed by atoms with E-state index in [9.17, 15) is 19.2 Å². The van der Waals surface area contributed by atoms with E-state index < -0.39 is 17.8 Å². The number of unbranched alkanes of at least 4 members (excludes halogenated alkanes) is 1. The lowest BCUT2D eigenvalue weighted by molar-refractivity contribution is -0.120. The molecule has 11 nitrogen and oxygen atoms in total. The zero-order valence-corrected chi connectivity index (χ0v) is 24.6. The molecule has 0 bridgehead atoms. The van der Waals surface area contributed by atoms with Gasteiger partial charge in [0, 0.05) is 30.4 Å². The number of carbonyl (C=O) groups excluding carboxylic acids is 3. The second-order valence-electron chi connectivity index (χ2n) is 10.6. The summed E-state index contributed by atoms with van der Waals surface area (Å²) < 4.78 is 11.5. The third kappa shape index (κ3) is 11.1. The number of amides is 3. The maximum Gasteiger partial charge on any atom is 0.411 e. The molecule has 3 N–H and O–H groups in total. The van der Waals surface area contributed by atoms with Crippen molar-refractivity contribution in [1.29, 1.82) is 0 Å². The minimum Gasteiger partial charge on any atom is -0.450 e. The highest BCUT2D eigenvalue weighted by molar-refractivity contribution is 5.84. The van der Waals surface area contributed by atoms with Gasteiger partial charge in [-0.25, -0.2) is 14.3 Å². The molecule has 0 unspecified atom stereocenters. The molecule has 0 fully saturated rings. The van der Waals surface area contributed by atoms with E-state index in [2.05, 4.69) is 21.0 Å². The zero-order chi connectivity index (χ0) is 30.5. The van der Waals surface area contributed by atoms with Gasteiger partial charge >= 0.3 is 12.2 Å². The number of alkyl carbamates (subject to hydrolysis) is 1. The number of benzene rings is 2. The van der Waals surface area contributed by atoms with Crippen molar-refractivity contribution in [3.63, 3.8) is 0 Å². The Morgan fingerprint density at radius 3 is 2.29 bits per heavy atom. The van der Waals surface area contributed by atoms with Crippen molar-refractivity contribution in [1.82, 2.24) is 20.4 Å². The van der Waals surface area contributed by atoms with Crippen LogP contribution in [0.2, 0.25) is 0 Å². The fourth-order valence-electron chi connectivity index (χ4n) is 3.95. The predicted molar refractivity (Wildman–Crippen MR) is 160 cm³/mol. The number of hydrogen-bond acceptors (Lipinski definition) is 7. The third-order valence-electron chi connectivity index (χ3n) is 5.86. The van der Waals surface area contributed by atoms with E-state index in [1.165, 1.54) is 10.7 Å². The van der Waals surface area contributed by atoms with Gasteiger partial charge in [0.1, 0.15) is 5.60 Å². The largest absolute Gasteiger partial charge is 0.450 e. The summed E-state index contributed by atoms with van der Waals surface area (Å²) in [5.41, 5.74) is 2.84. The number of anilines is 1. The molecule has 3 aromatic rings. The molecule has 1 heterocycles. The van der Waals surface area contributed by atoms with Crippen LogP contribution in [0.3, 0.4) is 0 Å². The summed E-state index contributed by atoms with van der Waals surface area (Å²) in [6.07, 6.45) is 0.698. The Kier molecular flexibility index (Phi) is 11.7. The normalized spacial score (nSPS) is 11.0. The average Bonchev–Trinajstić information content (AvgIpc) is 2.92. The highest BCUT2D eigenvalue weighted by atomic mass is 16.6. The maximum atomic E-state index is 12.5. The molecular weight excluding hydrogens is 538 g/mol. The molecule has 2 aromatic carbocycles. The summed E-state index contributed by atoms with van der Waals surface area (Å²) in [4.78, 5) is 48.2. The highest BCUT2D eigenvalue weighted by Crippen LogP contribution is 2.17. The smallest absolute Gasteiger partial charge is 0.411 e. The van der Waals surface area contributed by atoms with Gasteiger partial charge in [-0.2, -0.15) is 5.10 Å². The molecule has 3 rings (SSSR count). The molecule has 0 aliphatic heterocycles. The molecule has 0 radical (unpaired) electrons.